The quantitative estimate of drug-likeness (QED) is 0.0432. The molecule has 1 aromatic carbocycles. The number of imide groups is 1. The molecule has 6 atom stereocenters. The number of esters is 1. The highest BCUT2D eigenvalue weighted by Gasteiger charge is 2.47. The van der Waals surface area contributed by atoms with Crippen LogP contribution in [-0.2, 0) is 38.3 Å². The van der Waals surface area contributed by atoms with Crippen LogP contribution < -0.4 is 21.3 Å². The number of aromatic amines is 2. The van der Waals surface area contributed by atoms with E-state index in [-0.39, 0.29) is 55.1 Å². The van der Waals surface area contributed by atoms with Gasteiger partial charge in [-0.15, -0.1) is 0 Å². The van der Waals surface area contributed by atoms with Gasteiger partial charge in [0.15, 0.2) is 0 Å². The lowest BCUT2D eigenvalue weighted by molar-refractivity contribution is -0.144. The number of carbonyl (C=O) groups is 7. The molecule has 264 valence electrons. The Morgan fingerprint density at radius 3 is 2.27 bits per heavy atom. The van der Waals surface area contributed by atoms with Crippen molar-refractivity contribution in [3.05, 3.63) is 47.3 Å². The summed E-state index contributed by atoms with van der Waals surface area (Å²) in [6.45, 7) is 7.92. The number of primary amides is 1. The van der Waals surface area contributed by atoms with Gasteiger partial charge in [-0.05, 0) is 57.0 Å². The fourth-order valence-corrected chi connectivity index (χ4v) is 5.77. The van der Waals surface area contributed by atoms with Crippen LogP contribution in [-0.4, -0.2) is 74.9 Å². The van der Waals surface area contributed by atoms with E-state index in [0.29, 0.717) is 5.69 Å². The Kier molecular flexibility index (Phi) is 13.5. The number of carbonyl (C=O) groups excluding carboxylic acids is 6. The maximum atomic E-state index is 13.6. The van der Waals surface area contributed by atoms with Crippen molar-refractivity contribution in [2.24, 2.45) is 41.2 Å². The summed E-state index contributed by atoms with van der Waals surface area (Å²) in [5, 5.41) is 20.3. The minimum atomic E-state index is -1.28. The van der Waals surface area contributed by atoms with Crippen LogP contribution in [0.15, 0.2) is 42.5 Å². The van der Waals surface area contributed by atoms with Gasteiger partial charge in [-0.2, -0.15) is 4.98 Å². The van der Waals surface area contributed by atoms with Crippen molar-refractivity contribution in [3.63, 3.8) is 0 Å². The van der Waals surface area contributed by atoms with Crippen molar-refractivity contribution in [2.45, 2.75) is 46.5 Å². The van der Waals surface area contributed by atoms with E-state index in [1.165, 1.54) is 13.8 Å². The molecule has 6 unspecified atom stereocenters. The first-order valence-corrected chi connectivity index (χ1v) is 16.0. The van der Waals surface area contributed by atoms with Crippen LogP contribution in [0.1, 0.15) is 46.5 Å². The number of ether oxygens (including phenoxy) is 1. The number of anilines is 2. The number of nitrogens with one attached hydrogen (secondary N) is 4. The third kappa shape index (κ3) is 10.4. The Bertz CT molecular complexity index is 1640. The van der Waals surface area contributed by atoms with E-state index in [1.807, 2.05) is 0 Å². The minimum Gasteiger partial charge on any atom is -0.481 e. The van der Waals surface area contributed by atoms with E-state index in [1.54, 1.807) is 37.3 Å². The number of hydrogen-bond donors (Lipinski definition) is 6. The van der Waals surface area contributed by atoms with E-state index in [2.05, 4.69) is 32.4 Å². The second-order valence-electron chi connectivity index (χ2n) is 12.1. The zero-order valence-corrected chi connectivity index (χ0v) is 28.2. The standard InChI is InChI=1S/C32H41N7O9S/c1-16(2)30(47)48-11-10-34-25(41)17(3)12-21(29(45)46)14-19(24(33)40)13-20(26(42)35-31-36-32(49)38-37-31)15-23-18(4)27(43)39(28(23)44)22-8-6-5-7-9-22/h5-9,17-21,23H,1,10-15H2,2-4H3,(H2,33,40)(H,34,41)(H,45,46)(H3,35,36,37,38,42,49). The van der Waals surface area contributed by atoms with E-state index in [4.69, 9.17) is 22.7 Å². The lowest BCUT2D eigenvalue weighted by Crippen LogP contribution is -2.37. The molecular formula is C32H41N7O9S. The number of nitrogens with two attached hydrogens (primary N) is 1. The molecule has 0 radical (unpaired) electrons. The molecule has 5 amide bonds. The number of carboxylic acids is 1. The third-order valence-electron chi connectivity index (χ3n) is 8.38. The molecule has 7 N–H and O–H groups in total. The van der Waals surface area contributed by atoms with Crippen LogP contribution in [0, 0.1) is 40.3 Å². The van der Waals surface area contributed by atoms with Crippen LogP contribution >= 0.6 is 12.2 Å². The number of hydrogen-bond acceptors (Lipinski definition) is 10. The molecule has 17 heteroatoms. The molecule has 0 aliphatic carbocycles. The molecule has 16 nitrogen and oxygen atoms in total. The van der Waals surface area contributed by atoms with Gasteiger partial charge in [0.2, 0.25) is 40.3 Å². The number of benzene rings is 1. The molecular weight excluding hydrogens is 658 g/mol. The van der Waals surface area contributed by atoms with Gasteiger partial charge in [-0.3, -0.25) is 49.2 Å². The van der Waals surface area contributed by atoms with Crippen molar-refractivity contribution in [1.82, 2.24) is 20.5 Å². The van der Waals surface area contributed by atoms with E-state index >= 15 is 0 Å². The maximum Gasteiger partial charge on any atom is 0.333 e. The first-order valence-electron chi connectivity index (χ1n) is 15.6. The van der Waals surface area contributed by atoms with Crippen LogP contribution in [0.3, 0.4) is 0 Å². The zero-order valence-electron chi connectivity index (χ0n) is 27.4. The Morgan fingerprint density at radius 1 is 1.04 bits per heavy atom. The molecule has 0 bridgehead atoms. The van der Waals surface area contributed by atoms with E-state index < -0.39 is 77.0 Å². The summed E-state index contributed by atoms with van der Waals surface area (Å²) in [7, 11) is 0. The maximum absolute atomic E-state index is 13.6. The van der Waals surface area contributed by atoms with Crippen LogP contribution in [0.2, 0.25) is 0 Å². The molecule has 1 aromatic heterocycles. The predicted molar refractivity (Wildman–Crippen MR) is 178 cm³/mol. The Hall–Kier alpha value is -5.19. The monoisotopic (exact) mass is 699 g/mol. The van der Waals surface area contributed by atoms with Gasteiger partial charge in [-0.25, -0.2) is 4.79 Å². The first-order chi connectivity index (χ1) is 23.1. The van der Waals surface area contributed by atoms with Gasteiger partial charge >= 0.3 is 11.9 Å². The summed E-state index contributed by atoms with van der Waals surface area (Å²) in [5.41, 5.74) is 6.31. The number of aromatic nitrogens is 3. The average Bonchev–Trinajstić information content (AvgIpc) is 3.55. The number of nitrogens with zero attached hydrogens (tertiary/aromatic N) is 2. The van der Waals surface area contributed by atoms with Crippen molar-refractivity contribution >= 4 is 65.3 Å². The van der Waals surface area contributed by atoms with Crippen LogP contribution in [0.25, 0.3) is 0 Å². The summed E-state index contributed by atoms with van der Waals surface area (Å²) < 4.78 is 4.99. The summed E-state index contributed by atoms with van der Waals surface area (Å²) >= 11 is 4.94. The number of amides is 5. The normalized spacial score (nSPS) is 18.2. The Morgan fingerprint density at radius 2 is 1.69 bits per heavy atom. The Balaban J connectivity index is 1.78. The van der Waals surface area contributed by atoms with Crippen LogP contribution in [0.5, 0.6) is 0 Å². The number of para-hydroxylation sites is 1. The number of aliphatic carboxylic acids is 1. The van der Waals surface area contributed by atoms with Crippen molar-refractivity contribution in [1.29, 1.82) is 0 Å². The second-order valence-corrected chi connectivity index (χ2v) is 12.5. The average molecular weight is 700 g/mol. The minimum absolute atomic E-state index is 0.0104. The topological polar surface area (TPSA) is 247 Å². The third-order valence-corrected chi connectivity index (χ3v) is 8.57. The molecule has 3 rings (SSSR count). The van der Waals surface area contributed by atoms with Gasteiger partial charge in [-0.1, -0.05) is 38.6 Å². The summed E-state index contributed by atoms with van der Waals surface area (Å²) in [6, 6.07) is 8.33. The van der Waals surface area contributed by atoms with Gasteiger partial charge in [0, 0.05) is 29.2 Å². The molecule has 0 saturated carbocycles. The van der Waals surface area contributed by atoms with Crippen LogP contribution in [0.4, 0.5) is 11.6 Å². The second kappa shape index (κ2) is 17.3. The number of rotatable bonds is 18. The summed E-state index contributed by atoms with van der Waals surface area (Å²) in [4.78, 5) is 94.6. The molecule has 1 saturated heterocycles. The summed E-state index contributed by atoms with van der Waals surface area (Å²) in [5.74, 6) is -11.0. The fraction of sp³-hybridized carbons (Fsp3) is 0.469. The molecule has 2 heterocycles. The smallest absolute Gasteiger partial charge is 0.333 e. The zero-order chi connectivity index (χ0) is 36.4. The van der Waals surface area contributed by atoms with E-state index in [9.17, 15) is 38.7 Å². The number of H-pyrrole nitrogens is 2. The molecule has 0 spiro atoms. The van der Waals surface area contributed by atoms with Gasteiger partial charge < -0.3 is 20.9 Å². The SMILES string of the molecule is C=C(C)C(=O)OCCNC(=O)C(C)CC(CC(CC(CC1C(=O)N(c2ccccc2)C(=O)C1C)C(=O)Nc1nc(=S)[nH][nH]1)C(N)=O)C(=O)O. The van der Waals surface area contributed by atoms with Gasteiger partial charge in [0.1, 0.15) is 6.61 Å². The predicted octanol–water partition coefficient (Wildman–Crippen LogP) is 2.08. The fourth-order valence-electron chi connectivity index (χ4n) is 5.63. The van der Waals surface area contributed by atoms with Crippen molar-refractivity contribution < 1.29 is 43.4 Å². The van der Waals surface area contributed by atoms with E-state index in [0.717, 1.165) is 4.90 Å². The molecule has 2 aromatic rings. The lowest BCUT2D eigenvalue weighted by Gasteiger charge is -2.26. The Labute approximate surface area is 287 Å². The molecule has 49 heavy (non-hydrogen) atoms. The van der Waals surface area contributed by atoms with Gasteiger partial charge in [0.05, 0.1) is 24.1 Å². The molecule has 1 aliphatic rings. The van der Waals surface area contributed by atoms with Gasteiger partial charge in [0.25, 0.3) is 0 Å². The van der Waals surface area contributed by atoms with Crippen molar-refractivity contribution in [3.8, 4) is 0 Å². The largest absolute Gasteiger partial charge is 0.481 e. The number of carboxylic acid groups (broad SMARTS) is 1. The van der Waals surface area contributed by atoms with Crippen molar-refractivity contribution in [2.75, 3.05) is 23.4 Å². The highest BCUT2D eigenvalue weighted by molar-refractivity contribution is 7.71. The molecule has 1 aliphatic heterocycles. The highest BCUT2D eigenvalue weighted by Crippen LogP contribution is 2.37. The lowest BCUT2D eigenvalue weighted by atomic mass is 9.78. The first kappa shape index (κ1) is 38.3. The summed E-state index contributed by atoms with van der Waals surface area (Å²) in [6.07, 6.45) is -0.907. The molecule has 1 fully saturated rings. The highest BCUT2D eigenvalue weighted by atomic mass is 32.1.